The van der Waals surface area contributed by atoms with Gasteiger partial charge in [-0.05, 0) is 60.4 Å². The fourth-order valence-electron chi connectivity index (χ4n) is 4.81. The van der Waals surface area contributed by atoms with Gasteiger partial charge in [-0.1, -0.05) is 42.8 Å². The number of piperazine rings is 1. The second-order valence-electron chi connectivity index (χ2n) is 9.62. The number of aromatic nitrogens is 2. The quantitative estimate of drug-likeness (QED) is 0.333. The Balaban J connectivity index is 1.31. The Morgan fingerprint density at radius 3 is 2.43 bits per heavy atom. The second-order valence-corrected chi connectivity index (χ2v) is 10.1. The average molecular weight is 510 g/mol. The van der Waals surface area contributed by atoms with E-state index in [4.69, 9.17) is 21.8 Å². The van der Waals surface area contributed by atoms with Crippen LogP contribution in [0.4, 0.5) is 5.69 Å². The maximum Gasteiger partial charge on any atom is 0.223 e. The topological polar surface area (TPSA) is 73.1 Å². The molecule has 0 aromatic heterocycles. The average Bonchev–Trinajstić information content (AvgIpc) is 3.28. The van der Waals surface area contributed by atoms with Crippen LogP contribution in [0.2, 0.25) is 5.02 Å². The Labute approximate surface area is 222 Å². The molecule has 0 N–H and O–H groups in total. The fourth-order valence-corrected chi connectivity index (χ4v) is 4.94. The van der Waals surface area contributed by atoms with Crippen LogP contribution in [-0.2, 0) is 4.79 Å². The van der Waals surface area contributed by atoms with E-state index in [1.807, 2.05) is 54.4 Å². The number of hydrogen-bond donors (Lipinski definition) is 0. The molecule has 0 aliphatic carbocycles. The van der Waals surface area contributed by atoms with E-state index in [1.165, 1.54) is 0 Å². The third-order valence-corrected chi connectivity index (χ3v) is 7.23. The first-order valence-corrected chi connectivity index (χ1v) is 12.8. The zero-order valence-corrected chi connectivity index (χ0v) is 21.7. The summed E-state index contributed by atoms with van der Waals surface area (Å²) in [6.07, 6.45) is 2.33. The van der Waals surface area contributed by atoms with Crippen molar-refractivity contribution in [3.05, 3.63) is 88.6 Å². The van der Waals surface area contributed by atoms with Gasteiger partial charge in [0.15, 0.2) is 5.82 Å². The van der Waals surface area contributed by atoms with Gasteiger partial charge in [0.25, 0.3) is 0 Å². The molecule has 1 amide bonds. The summed E-state index contributed by atoms with van der Waals surface area (Å²) in [6, 6.07) is 21.6. The predicted octanol–water partition coefficient (Wildman–Crippen LogP) is 5.92. The summed E-state index contributed by atoms with van der Waals surface area (Å²) in [5.74, 6) is 1.01. The molecule has 186 valence electrons. The lowest BCUT2D eigenvalue weighted by molar-refractivity contribution is -0.131. The molecule has 0 radical (unpaired) electrons. The number of anilines is 1. The maximum atomic E-state index is 13.1. The number of benzene rings is 2. The van der Waals surface area contributed by atoms with Gasteiger partial charge in [-0.2, -0.15) is 5.26 Å². The van der Waals surface area contributed by atoms with Crippen molar-refractivity contribution in [2.75, 3.05) is 31.1 Å². The number of nitriles is 1. The van der Waals surface area contributed by atoms with Crippen LogP contribution in [0.3, 0.4) is 0 Å². The lowest BCUT2D eigenvalue weighted by Crippen LogP contribution is -2.49. The SMILES string of the molecule is Cc1cnc2nc(-c3ccc(C#N)cc3)cc-2c(N2CCN(C(=O)CC(C)c3ccc(Cl)cc3)CC2)c1. The summed E-state index contributed by atoms with van der Waals surface area (Å²) in [5.41, 5.74) is 6.66. The van der Waals surface area contributed by atoms with E-state index in [1.54, 1.807) is 12.1 Å². The molecule has 3 heterocycles. The molecule has 7 heteroatoms. The normalized spacial score (nSPS) is 14.4. The van der Waals surface area contributed by atoms with Crippen LogP contribution in [0.1, 0.15) is 36.0 Å². The van der Waals surface area contributed by atoms with Crippen molar-refractivity contribution in [3.63, 3.8) is 0 Å². The van der Waals surface area contributed by atoms with Crippen molar-refractivity contribution in [1.29, 1.82) is 5.26 Å². The van der Waals surface area contributed by atoms with Gasteiger partial charge >= 0.3 is 0 Å². The molecule has 6 nitrogen and oxygen atoms in total. The van der Waals surface area contributed by atoms with Gasteiger partial charge in [-0.15, -0.1) is 0 Å². The van der Waals surface area contributed by atoms with E-state index in [2.05, 4.69) is 35.0 Å². The third kappa shape index (κ3) is 5.42. The number of aryl methyl sites for hydroxylation is 1. The minimum Gasteiger partial charge on any atom is -0.367 e. The number of carbonyl (C=O) groups excluding carboxylic acids is 1. The zero-order valence-electron chi connectivity index (χ0n) is 21.0. The van der Waals surface area contributed by atoms with Crippen molar-refractivity contribution >= 4 is 23.2 Å². The number of fused-ring (bicyclic) bond motifs is 1. The Morgan fingerprint density at radius 1 is 1.05 bits per heavy atom. The summed E-state index contributed by atoms with van der Waals surface area (Å²) in [4.78, 5) is 26.8. The van der Waals surface area contributed by atoms with Crippen molar-refractivity contribution in [1.82, 2.24) is 14.9 Å². The molecule has 1 fully saturated rings. The molecule has 2 aromatic carbocycles. The zero-order chi connectivity index (χ0) is 25.9. The van der Waals surface area contributed by atoms with Gasteiger partial charge < -0.3 is 9.80 Å². The molecule has 1 unspecified atom stereocenters. The van der Waals surface area contributed by atoms with Crippen LogP contribution >= 0.6 is 11.6 Å². The van der Waals surface area contributed by atoms with E-state index in [9.17, 15) is 4.79 Å². The van der Waals surface area contributed by atoms with Crippen LogP contribution in [-0.4, -0.2) is 47.0 Å². The summed E-state index contributed by atoms with van der Waals surface area (Å²) >= 11 is 6.01. The van der Waals surface area contributed by atoms with E-state index in [0.717, 1.165) is 46.7 Å². The number of carbonyl (C=O) groups is 1. The summed E-state index contributed by atoms with van der Waals surface area (Å²) < 4.78 is 0. The Hall–Kier alpha value is -3.95. The minimum atomic E-state index is 0.139. The first-order chi connectivity index (χ1) is 17.9. The maximum absolute atomic E-state index is 13.1. The fraction of sp³-hybridized carbons (Fsp3) is 0.267. The van der Waals surface area contributed by atoms with E-state index in [-0.39, 0.29) is 11.8 Å². The van der Waals surface area contributed by atoms with Gasteiger partial charge in [0.1, 0.15) is 0 Å². The standard InChI is InChI=1S/C30H28ClN5O/c1-20-15-28(26-17-27(34-30(26)33-19-20)24-5-3-22(18-32)4-6-24)35-11-13-36(14-12-35)29(37)16-21(2)23-7-9-25(31)10-8-23/h3-10,15,17,19,21H,11-14,16H2,1-2H3. The summed E-state index contributed by atoms with van der Waals surface area (Å²) in [5, 5.41) is 9.80. The molecule has 1 saturated heterocycles. The van der Waals surface area contributed by atoms with E-state index in [0.29, 0.717) is 35.9 Å². The van der Waals surface area contributed by atoms with Gasteiger partial charge in [0.05, 0.1) is 17.3 Å². The molecule has 3 aliphatic heterocycles. The predicted molar refractivity (Wildman–Crippen MR) is 147 cm³/mol. The number of halogens is 1. The number of hydrogen-bond acceptors (Lipinski definition) is 5. The van der Waals surface area contributed by atoms with Crippen LogP contribution in [0.5, 0.6) is 0 Å². The first kappa shape index (κ1) is 24.7. The Kier molecular flexibility index (Phi) is 7.07. The van der Waals surface area contributed by atoms with Crippen molar-refractivity contribution in [2.45, 2.75) is 26.2 Å². The molecule has 0 saturated carbocycles. The highest BCUT2D eigenvalue weighted by Gasteiger charge is 2.26. The molecular weight excluding hydrogens is 482 g/mol. The molecular formula is C30H28ClN5O. The summed E-state index contributed by atoms with van der Waals surface area (Å²) in [6.45, 7) is 6.97. The van der Waals surface area contributed by atoms with Crippen molar-refractivity contribution in [2.24, 2.45) is 0 Å². The monoisotopic (exact) mass is 509 g/mol. The molecule has 0 bridgehead atoms. The van der Waals surface area contributed by atoms with Crippen LogP contribution in [0.15, 0.2) is 66.9 Å². The van der Waals surface area contributed by atoms with Gasteiger partial charge in [-0.25, -0.2) is 9.97 Å². The molecule has 0 spiro atoms. The van der Waals surface area contributed by atoms with Gasteiger partial charge in [0.2, 0.25) is 5.91 Å². The first-order valence-electron chi connectivity index (χ1n) is 12.5. The Morgan fingerprint density at radius 2 is 1.76 bits per heavy atom. The van der Waals surface area contributed by atoms with E-state index >= 15 is 0 Å². The van der Waals surface area contributed by atoms with Gasteiger partial charge in [-0.3, -0.25) is 4.79 Å². The highest BCUT2D eigenvalue weighted by Crippen LogP contribution is 2.35. The second kappa shape index (κ2) is 10.6. The molecule has 2 aromatic rings. The molecule has 1 atom stereocenters. The smallest absolute Gasteiger partial charge is 0.223 e. The lowest BCUT2D eigenvalue weighted by atomic mass is 9.97. The number of rotatable bonds is 5. The molecule has 37 heavy (non-hydrogen) atoms. The lowest BCUT2D eigenvalue weighted by Gasteiger charge is -2.37. The largest absolute Gasteiger partial charge is 0.367 e. The van der Waals surface area contributed by atoms with Gasteiger partial charge in [0, 0.05) is 60.6 Å². The Bertz CT molecular complexity index is 1420. The molecule has 3 aliphatic rings. The summed E-state index contributed by atoms with van der Waals surface area (Å²) in [7, 11) is 0. The van der Waals surface area contributed by atoms with Crippen molar-refractivity contribution < 1.29 is 4.79 Å². The van der Waals surface area contributed by atoms with Crippen LogP contribution < -0.4 is 4.90 Å². The minimum absolute atomic E-state index is 0.139. The van der Waals surface area contributed by atoms with E-state index < -0.39 is 0 Å². The number of nitrogens with zero attached hydrogens (tertiary/aromatic N) is 5. The van der Waals surface area contributed by atoms with Crippen LogP contribution in [0, 0.1) is 18.3 Å². The van der Waals surface area contributed by atoms with Crippen molar-refractivity contribution in [3.8, 4) is 28.7 Å². The van der Waals surface area contributed by atoms with Crippen LogP contribution in [0.25, 0.3) is 22.6 Å². The number of amides is 1. The highest BCUT2D eigenvalue weighted by atomic mass is 35.5. The highest BCUT2D eigenvalue weighted by molar-refractivity contribution is 6.30. The third-order valence-electron chi connectivity index (χ3n) is 6.98. The molecule has 5 rings (SSSR count).